The molecule has 0 saturated heterocycles. The van der Waals surface area contributed by atoms with Crippen LogP contribution in [0, 0.1) is 5.82 Å². The van der Waals surface area contributed by atoms with Gasteiger partial charge < -0.3 is 14.4 Å². The normalized spacial score (nSPS) is 10.8. The number of nitrogens with zero attached hydrogens (tertiary/aromatic N) is 1. The fraction of sp³-hybridized carbons (Fsp3) is 0.474. The number of hydrogen-bond donors (Lipinski definition) is 0. The molecule has 0 radical (unpaired) electrons. The van der Waals surface area contributed by atoms with Gasteiger partial charge in [-0.05, 0) is 44.0 Å². The Morgan fingerprint density at radius 3 is 2.48 bits per heavy atom. The van der Waals surface area contributed by atoms with E-state index in [1.54, 1.807) is 30.0 Å². The van der Waals surface area contributed by atoms with E-state index >= 15 is 0 Å². The highest BCUT2D eigenvalue weighted by atomic mass is 19.1. The number of esters is 1. The highest BCUT2D eigenvalue weighted by Crippen LogP contribution is 2.06. The Bertz CT molecular complexity index is 557. The molecule has 0 aliphatic heterocycles. The maximum Gasteiger partial charge on any atom is 0.307 e. The van der Waals surface area contributed by atoms with E-state index in [0.29, 0.717) is 32.8 Å². The predicted octanol–water partition coefficient (Wildman–Crippen LogP) is 3.05. The van der Waals surface area contributed by atoms with Crippen molar-refractivity contribution in [1.82, 2.24) is 4.90 Å². The van der Waals surface area contributed by atoms with Gasteiger partial charge in [0.25, 0.3) is 0 Å². The fourth-order valence-corrected chi connectivity index (χ4v) is 2.14. The fourth-order valence-electron chi connectivity index (χ4n) is 2.14. The highest BCUT2D eigenvalue weighted by molar-refractivity contribution is 5.92. The lowest BCUT2D eigenvalue weighted by atomic mass is 10.2. The Morgan fingerprint density at radius 1 is 1.12 bits per heavy atom. The lowest BCUT2D eigenvalue weighted by Crippen LogP contribution is -2.33. The summed E-state index contributed by atoms with van der Waals surface area (Å²) in [5.41, 5.74) is 0.731. The number of hydrogen-bond acceptors (Lipinski definition) is 4. The van der Waals surface area contributed by atoms with Gasteiger partial charge in [0.2, 0.25) is 5.91 Å². The van der Waals surface area contributed by atoms with Gasteiger partial charge in [-0.15, -0.1) is 0 Å². The van der Waals surface area contributed by atoms with Crippen LogP contribution in [-0.4, -0.2) is 49.7 Å². The van der Waals surface area contributed by atoms with E-state index in [2.05, 4.69) is 0 Å². The van der Waals surface area contributed by atoms with Crippen LogP contribution in [0.15, 0.2) is 30.3 Å². The van der Waals surface area contributed by atoms with E-state index in [-0.39, 0.29) is 30.7 Å². The highest BCUT2D eigenvalue weighted by Gasteiger charge is 2.13. The zero-order valence-electron chi connectivity index (χ0n) is 14.9. The number of ether oxygens (including phenoxy) is 2. The average molecular weight is 351 g/mol. The van der Waals surface area contributed by atoms with Crippen LogP contribution in [0.4, 0.5) is 4.39 Å². The topological polar surface area (TPSA) is 55.8 Å². The second-order valence-electron chi connectivity index (χ2n) is 5.32. The van der Waals surface area contributed by atoms with Crippen LogP contribution in [0.3, 0.4) is 0 Å². The number of halogens is 1. The van der Waals surface area contributed by atoms with Crippen LogP contribution < -0.4 is 0 Å². The SMILES string of the molecule is CCOCCCN(CCC(=O)OCC)C(=O)/C=C/c1ccc(F)cc1. The molecule has 1 aromatic carbocycles. The molecule has 1 amide bonds. The first kappa shape index (κ1) is 20.8. The molecule has 25 heavy (non-hydrogen) atoms. The smallest absolute Gasteiger partial charge is 0.307 e. The van der Waals surface area contributed by atoms with Crippen molar-refractivity contribution < 1.29 is 23.5 Å². The summed E-state index contributed by atoms with van der Waals surface area (Å²) in [4.78, 5) is 25.5. The maximum absolute atomic E-state index is 12.9. The van der Waals surface area contributed by atoms with Gasteiger partial charge in [-0.1, -0.05) is 12.1 Å². The van der Waals surface area contributed by atoms with Gasteiger partial charge in [0.1, 0.15) is 5.82 Å². The molecule has 1 aromatic rings. The van der Waals surface area contributed by atoms with Gasteiger partial charge in [0.05, 0.1) is 13.0 Å². The van der Waals surface area contributed by atoms with Crippen molar-refractivity contribution >= 4 is 18.0 Å². The summed E-state index contributed by atoms with van der Waals surface area (Å²) in [7, 11) is 0. The second kappa shape index (κ2) is 12.2. The summed E-state index contributed by atoms with van der Waals surface area (Å²) >= 11 is 0. The number of benzene rings is 1. The summed E-state index contributed by atoms with van der Waals surface area (Å²) in [6, 6.07) is 5.86. The molecule has 0 bridgehead atoms. The van der Waals surface area contributed by atoms with Crippen molar-refractivity contribution in [1.29, 1.82) is 0 Å². The lowest BCUT2D eigenvalue weighted by Gasteiger charge is -2.20. The van der Waals surface area contributed by atoms with Gasteiger partial charge in [-0.3, -0.25) is 9.59 Å². The summed E-state index contributed by atoms with van der Waals surface area (Å²) in [6.07, 6.45) is 3.89. The van der Waals surface area contributed by atoms with Crippen molar-refractivity contribution in [2.24, 2.45) is 0 Å². The van der Waals surface area contributed by atoms with Crippen molar-refractivity contribution in [3.8, 4) is 0 Å². The van der Waals surface area contributed by atoms with Crippen LogP contribution in [-0.2, 0) is 19.1 Å². The third kappa shape index (κ3) is 9.00. The molecular formula is C19H26FNO4. The van der Waals surface area contributed by atoms with E-state index < -0.39 is 0 Å². The molecule has 0 saturated carbocycles. The summed E-state index contributed by atoms with van der Waals surface area (Å²) in [6.45, 7) is 5.94. The standard InChI is InChI=1S/C19H26FNO4/c1-3-24-15-5-13-21(14-12-19(23)25-4-2)18(22)11-8-16-6-9-17(20)10-7-16/h6-11H,3-5,12-15H2,1-2H3/b11-8+. The molecule has 138 valence electrons. The molecule has 0 N–H and O–H groups in total. The van der Waals surface area contributed by atoms with E-state index in [1.807, 2.05) is 6.92 Å². The van der Waals surface area contributed by atoms with Gasteiger partial charge in [-0.2, -0.15) is 0 Å². The molecular weight excluding hydrogens is 325 g/mol. The Morgan fingerprint density at radius 2 is 1.84 bits per heavy atom. The van der Waals surface area contributed by atoms with Gasteiger partial charge >= 0.3 is 5.97 Å². The zero-order valence-corrected chi connectivity index (χ0v) is 14.9. The molecule has 0 aliphatic rings. The third-order valence-electron chi connectivity index (χ3n) is 3.41. The molecule has 0 heterocycles. The third-order valence-corrected chi connectivity index (χ3v) is 3.41. The molecule has 0 fully saturated rings. The van der Waals surface area contributed by atoms with E-state index in [9.17, 15) is 14.0 Å². The molecule has 5 nitrogen and oxygen atoms in total. The average Bonchev–Trinajstić information content (AvgIpc) is 2.60. The summed E-state index contributed by atoms with van der Waals surface area (Å²) < 4.78 is 23.1. The monoisotopic (exact) mass is 351 g/mol. The quantitative estimate of drug-likeness (QED) is 0.349. The van der Waals surface area contributed by atoms with E-state index in [0.717, 1.165) is 5.56 Å². The maximum atomic E-state index is 12.9. The molecule has 0 unspecified atom stereocenters. The Balaban J connectivity index is 2.62. The first-order chi connectivity index (χ1) is 12.1. The Kier molecular flexibility index (Phi) is 10.2. The minimum Gasteiger partial charge on any atom is -0.466 e. The van der Waals surface area contributed by atoms with Gasteiger partial charge in [-0.25, -0.2) is 4.39 Å². The van der Waals surface area contributed by atoms with Crippen LogP contribution in [0.25, 0.3) is 6.08 Å². The molecule has 0 aliphatic carbocycles. The minimum absolute atomic E-state index is 0.151. The minimum atomic E-state index is -0.326. The molecule has 1 rings (SSSR count). The molecule has 0 spiro atoms. The molecule has 6 heteroatoms. The van der Waals surface area contributed by atoms with E-state index in [4.69, 9.17) is 9.47 Å². The summed E-state index contributed by atoms with van der Waals surface area (Å²) in [5, 5.41) is 0. The number of amides is 1. The first-order valence-electron chi connectivity index (χ1n) is 8.52. The van der Waals surface area contributed by atoms with Gasteiger partial charge in [0.15, 0.2) is 0 Å². The van der Waals surface area contributed by atoms with E-state index in [1.165, 1.54) is 18.2 Å². The van der Waals surface area contributed by atoms with Crippen LogP contribution in [0.2, 0.25) is 0 Å². The largest absolute Gasteiger partial charge is 0.466 e. The second-order valence-corrected chi connectivity index (χ2v) is 5.32. The number of rotatable bonds is 11. The van der Waals surface area contributed by atoms with Crippen LogP contribution >= 0.6 is 0 Å². The van der Waals surface area contributed by atoms with Crippen LogP contribution in [0.1, 0.15) is 32.3 Å². The zero-order chi connectivity index (χ0) is 18.5. The van der Waals surface area contributed by atoms with Crippen LogP contribution in [0.5, 0.6) is 0 Å². The number of carbonyl (C=O) groups excluding carboxylic acids is 2. The predicted molar refractivity (Wildman–Crippen MR) is 94.4 cm³/mol. The molecule has 0 aromatic heterocycles. The van der Waals surface area contributed by atoms with Crippen molar-refractivity contribution in [2.75, 3.05) is 32.9 Å². The number of carbonyl (C=O) groups is 2. The Hall–Kier alpha value is -2.21. The van der Waals surface area contributed by atoms with Crippen molar-refractivity contribution in [3.05, 3.63) is 41.7 Å². The first-order valence-corrected chi connectivity index (χ1v) is 8.52. The van der Waals surface area contributed by atoms with Gasteiger partial charge in [0, 0.05) is 32.4 Å². The van der Waals surface area contributed by atoms with Crippen molar-refractivity contribution in [3.63, 3.8) is 0 Å². The van der Waals surface area contributed by atoms with Crippen molar-refractivity contribution in [2.45, 2.75) is 26.7 Å². The lowest BCUT2D eigenvalue weighted by molar-refractivity contribution is -0.143. The summed E-state index contributed by atoms with van der Waals surface area (Å²) in [5.74, 6) is -0.854. The Labute approximate surface area is 148 Å². The molecule has 0 atom stereocenters.